The molecule has 0 saturated heterocycles. The van der Waals surface area contributed by atoms with Crippen LogP contribution >= 0.6 is 34.8 Å². The molecule has 2 nitrogen and oxygen atoms in total. The SMILES string of the molecule is CCCNCc1oc2c(Cl)cc(Cl)c(Cl)c2c1C(C)C. The molecule has 2 rings (SSSR count). The summed E-state index contributed by atoms with van der Waals surface area (Å²) < 4.78 is 5.94. The van der Waals surface area contributed by atoms with Crippen LogP contribution in [0, 0.1) is 0 Å². The van der Waals surface area contributed by atoms with Crippen molar-refractivity contribution in [2.75, 3.05) is 6.54 Å². The average molecular weight is 335 g/mol. The zero-order valence-corrected chi connectivity index (χ0v) is 14.1. The smallest absolute Gasteiger partial charge is 0.154 e. The number of hydrogen-bond donors (Lipinski definition) is 1. The lowest BCUT2D eigenvalue weighted by atomic mass is 9.99. The van der Waals surface area contributed by atoms with Crippen molar-refractivity contribution in [3.05, 3.63) is 32.5 Å². The van der Waals surface area contributed by atoms with E-state index in [1.165, 1.54) is 0 Å². The third-order valence-electron chi connectivity index (χ3n) is 3.21. The molecule has 0 fully saturated rings. The van der Waals surface area contributed by atoms with Crippen LogP contribution in [0.1, 0.15) is 44.4 Å². The number of hydrogen-bond acceptors (Lipinski definition) is 2. The van der Waals surface area contributed by atoms with Crippen LogP contribution in [0.5, 0.6) is 0 Å². The standard InChI is InChI=1S/C15H18Cl3NO/c1-4-5-19-7-11-12(8(2)3)13-14(18)9(16)6-10(17)15(13)20-11/h6,8,19H,4-5,7H2,1-3H3. The van der Waals surface area contributed by atoms with Gasteiger partial charge in [-0.3, -0.25) is 0 Å². The van der Waals surface area contributed by atoms with Crippen molar-refractivity contribution in [3.8, 4) is 0 Å². The molecule has 1 aromatic carbocycles. The highest BCUT2D eigenvalue weighted by Gasteiger charge is 2.22. The number of nitrogens with one attached hydrogen (secondary N) is 1. The van der Waals surface area contributed by atoms with Crippen LogP contribution in [0.3, 0.4) is 0 Å². The van der Waals surface area contributed by atoms with Crippen LogP contribution in [0.4, 0.5) is 0 Å². The van der Waals surface area contributed by atoms with E-state index in [9.17, 15) is 0 Å². The Bertz CT molecular complexity index is 619. The normalized spacial score (nSPS) is 11.8. The van der Waals surface area contributed by atoms with Gasteiger partial charge in [0.05, 0.1) is 21.6 Å². The first kappa shape index (κ1) is 16.0. The summed E-state index contributed by atoms with van der Waals surface area (Å²) in [5.41, 5.74) is 1.70. The predicted octanol–water partition coefficient (Wildman–Crippen LogP) is 6.02. The molecule has 0 bridgehead atoms. The quantitative estimate of drug-likeness (QED) is 0.534. The van der Waals surface area contributed by atoms with Crippen molar-refractivity contribution in [3.63, 3.8) is 0 Å². The molecule has 0 amide bonds. The van der Waals surface area contributed by atoms with E-state index in [1.807, 2.05) is 0 Å². The monoisotopic (exact) mass is 333 g/mol. The van der Waals surface area contributed by atoms with E-state index in [0.717, 1.165) is 29.7 Å². The van der Waals surface area contributed by atoms with E-state index in [0.29, 0.717) is 27.2 Å². The Hall–Kier alpha value is -0.410. The number of furan rings is 1. The van der Waals surface area contributed by atoms with Crippen molar-refractivity contribution < 1.29 is 4.42 Å². The van der Waals surface area contributed by atoms with Gasteiger partial charge in [0.1, 0.15) is 5.76 Å². The minimum absolute atomic E-state index is 0.279. The van der Waals surface area contributed by atoms with E-state index < -0.39 is 0 Å². The van der Waals surface area contributed by atoms with Gasteiger partial charge in [0, 0.05) is 10.9 Å². The van der Waals surface area contributed by atoms with E-state index in [4.69, 9.17) is 39.2 Å². The van der Waals surface area contributed by atoms with Crippen molar-refractivity contribution in [2.45, 2.75) is 39.7 Å². The van der Waals surface area contributed by atoms with Crippen LogP contribution in [0.25, 0.3) is 11.0 Å². The lowest BCUT2D eigenvalue weighted by Gasteiger charge is -2.08. The molecule has 1 aromatic heterocycles. The first-order chi connectivity index (χ1) is 9.47. The Morgan fingerprint density at radius 1 is 1.20 bits per heavy atom. The zero-order chi connectivity index (χ0) is 14.9. The molecule has 0 atom stereocenters. The Morgan fingerprint density at radius 2 is 1.90 bits per heavy atom. The van der Waals surface area contributed by atoms with Crippen molar-refractivity contribution in [1.29, 1.82) is 0 Å². The second-order valence-corrected chi connectivity index (χ2v) is 6.32. The van der Waals surface area contributed by atoms with Crippen LogP contribution in [0.2, 0.25) is 15.1 Å². The Kier molecular flexibility index (Phi) is 5.25. The molecule has 1 N–H and O–H groups in total. The van der Waals surface area contributed by atoms with Gasteiger partial charge in [0.15, 0.2) is 5.58 Å². The fourth-order valence-corrected chi connectivity index (χ4v) is 3.10. The highest BCUT2D eigenvalue weighted by atomic mass is 35.5. The van der Waals surface area contributed by atoms with Crippen molar-refractivity contribution in [2.24, 2.45) is 0 Å². The van der Waals surface area contributed by atoms with Crippen molar-refractivity contribution >= 4 is 45.8 Å². The Balaban J connectivity index is 2.61. The van der Waals surface area contributed by atoms with E-state index in [2.05, 4.69) is 26.1 Å². The summed E-state index contributed by atoms with van der Waals surface area (Å²) in [7, 11) is 0. The molecule has 1 heterocycles. The summed E-state index contributed by atoms with van der Waals surface area (Å²) in [6.45, 7) is 7.96. The molecule has 110 valence electrons. The fraction of sp³-hybridized carbons (Fsp3) is 0.467. The number of fused-ring (bicyclic) bond motifs is 1. The maximum absolute atomic E-state index is 6.35. The van der Waals surface area contributed by atoms with Gasteiger partial charge in [-0.05, 0) is 24.9 Å². The number of halogens is 3. The maximum Gasteiger partial charge on any atom is 0.154 e. The first-order valence-corrected chi connectivity index (χ1v) is 7.90. The minimum atomic E-state index is 0.279. The van der Waals surface area contributed by atoms with Crippen LogP contribution in [-0.4, -0.2) is 6.54 Å². The molecule has 0 spiro atoms. The topological polar surface area (TPSA) is 25.2 Å². The average Bonchev–Trinajstić information content (AvgIpc) is 2.76. The van der Waals surface area contributed by atoms with Crippen LogP contribution in [-0.2, 0) is 6.54 Å². The van der Waals surface area contributed by atoms with Gasteiger partial charge in [0.25, 0.3) is 0 Å². The van der Waals surface area contributed by atoms with E-state index in [1.54, 1.807) is 6.07 Å². The lowest BCUT2D eigenvalue weighted by molar-refractivity contribution is 0.504. The first-order valence-electron chi connectivity index (χ1n) is 6.76. The second-order valence-electron chi connectivity index (χ2n) is 5.13. The maximum atomic E-state index is 6.35. The molecule has 0 aliphatic carbocycles. The number of rotatable bonds is 5. The molecular weight excluding hydrogens is 317 g/mol. The summed E-state index contributed by atoms with van der Waals surface area (Å²) >= 11 is 18.7. The highest BCUT2D eigenvalue weighted by Crippen LogP contribution is 2.43. The molecule has 0 radical (unpaired) electrons. The van der Waals surface area contributed by atoms with Crippen LogP contribution in [0.15, 0.2) is 10.5 Å². The minimum Gasteiger partial charge on any atom is -0.458 e. The van der Waals surface area contributed by atoms with E-state index >= 15 is 0 Å². The van der Waals surface area contributed by atoms with Gasteiger partial charge in [-0.25, -0.2) is 0 Å². The third kappa shape index (κ3) is 2.94. The fourth-order valence-electron chi connectivity index (χ4n) is 2.36. The molecule has 2 aromatic rings. The molecule has 0 saturated carbocycles. The summed E-state index contributed by atoms with van der Waals surface area (Å²) in [5, 5.41) is 5.66. The molecule has 0 unspecified atom stereocenters. The summed E-state index contributed by atoms with van der Waals surface area (Å²) in [4.78, 5) is 0. The van der Waals surface area contributed by atoms with Crippen molar-refractivity contribution in [1.82, 2.24) is 5.32 Å². The number of benzene rings is 1. The van der Waals surface area contributed by atoms with Gasteiger partial charge in [0.2, 0.25) is 0 Å². The van der Waals surface area contributed by atoms with E-state index in [-0.39, 0.29) is 5.92 Å². The third-order valence-corrected chi connectivity index (χ3v) is 4.28. The largest absolute Gasteiger partial charge is 0.458 e. The Labute approximate surface area is 134 Å². The molecule has 20 heavy (non-hydrogen) atoms. The summed E-state index contributed by atoms with van der Waals surface area (Å²) in [6.07, 6.45) is 1.07. The van der Waals surface area contributed by atoms with Gasteiger partial charge in [-0.1, -0.05) is 55.6 Å². The van der Waals surface area contributed by atoms with Gasteiger partial charge >= 0.3 is 0 Å². The summed E-state index contributed by atoms with van der Waals surface area (Å²) in [5.74, 6) is 1.16. The van der Waals surface area contributed by atoms with Crippen LogP contribution < -0.4 is 5.32 Å². The molecule has 0 aliphatic heterocycles. The second kappa shape index (κ2) is 6.57. The molecule has 5 heteroatoms. The highest BCUT2D eigenvalue weighted by molar-refractivity contribution is 6.47. The van der Waals surface area contributed by atoms with Gasteiger partial charge in [-0.15, -0.1) is 0 Å². The lowest BCUT2D eigenvalue weighted by Crippen LogP contribution is -2.14. The van der Waals surface area contributed by atoms with Gasteiger partial charge < -0.3 is 9.73 Å². The van der Waals surface area contributed by atoms with Gasteiger partial charge in [-0.2, -0.15) is 0 Å². The predicted molar refractivity (Wildman–Crippen MR) is 87.3 cm³/mol. The molecule has 0 aliphatic rings. The Morgan fingerprint density at radius 3 is 2.50 bits per heavy atom. The summed E-state index contributed by atoms with van der Waals surface area (Å²) in [6, 6.07) is 1.63. The zero-order valence-electron chi connectivity index (χ0n) is 11.8. The molecular formula is C15H18Cl3NO.